The maximum Gasteiger partial charge on any atom is 0.270 e. The molecule has 0 unspecified atom stereocenters. The summed E-state index contributed by atoms with van der Waals surface area (Å²) in [5.41, 5.74) is 8.75. The minimum Gasteiger partial charge on any atom is -0.364 e. The first-order valence-electron chi connectivity index (χ1n) is 7.48. The number of aromatic nitrogens is 2. The molecular formula is C18H12ClN3OS2. The average Bonchev–Trinajstić information content (AvgIpc) is 3.25. The third-order valence-electron chi connectivity index (χ3n) is 3.84. The molecule has 0 atom stereocenters. The number of primary amides is 1. The van der Waals surface area contributed by atoms with E-state index in [-0.39, 0.29) is 5.69 Å². The molecule has 124 valence electrons. The van der Waals surface area contributed by atoms with Crippen molar-refractivity contribution in [3.8, 4) is 10.4 Å². The zero-order valence-electron chi connectivity index (χ0n) is 12.9. The van der Waals surface area contributed by atoms with Gasteiger partial charge in [0.15, 0.2) is 5.69 Å². The Hall–Kier alpha value is -2.28. The van der Waals surface area contributed by atoms with Crippen molar-refractivity contribution in [3.63, 3.8) is 0 Å². The molecule has 0 saturated carbocycles. The van der Waals surface area contributed by atoms with Crippen LogP contribution in [0, 0.1) is 0 Å². The molecule has 0 bridgehead atoms. The summed E-state index contributed by atoms with van der Waals surface area (Å²) >= 11 is 9.11. The molecule has 0 aliphatic rings. The van der Waals surface area contributed by atoms with E-state index in [0.717, 1.165) is 26.2 Å². The lowest BCUT2D eigenvalue weighted by molar-refractivity contribution is 0.0996. The first-order valence-corrected chi connectivity index (χ1v) is 9.61. The number of carbonyl (C=O) groups excluding carboxylic acids is 1. The highest BCUT2D eigenvalue weighted by Gasteiger charge is 2.18. The smallest absolute Gasteiger partial charge is 0.270 e. The Kier molecular flexibility index (Phi) is 4.25. The largest absolute Gasteiger partial charge is 0.364 e. The van der Waals surface area contributed by atoms with Crippen molar-refractivity contribution in [1.82, 2.24) is 10.2 Å². The van der Waals surface area contributed by atoms with Gasteiger partial charge in [-0.3, -0.25) is 4.79 Å². The lowest BCUT2D eigenvalue weighted by Crippen LogP contribution is -2.14. The van der Waals surface area contributed by atoms with Gasteiger partial charge in [-0.2, -0.15) is 16.4 Å². The summed E-state index contributed by atoms with van der Waals surface area (Å²) in [5, 5.41) is 14.1. The Bertz CT molecular complexity index is 1060. The van der Waals surface area contributed by atoms with Crippen molar-refractivity contribution in [3.05, 3.63) is 69.1 Å². The number of nitrogens with two attached hydrogens (primary N) is 1. The number of nitrogens with zero attached hydrogens (tertiary/aromatic N) is 2. The van der Waals surface area contributed by atoms with E-state index in [9.17, 15) is 4.79 Å². The molecule has 7 heteroatoms. The number of amides is 1. The van der Waals surface area contributed by atoms with Crippen LogP contribution in [0.25, 0.3) is 20.5 Å². The first-order chi connectivity index (χ1) is 12.1. The Morgan fingerprint density at radius 3 is 2.64 bits per heavy atom. The molecule has 3 aromatic heterocycles. The van der Waals surface area contributed by atoms with Crippen molar-refractivity contribution < 1.29 is 4.79 Å². The number of fused-ring (bicyclic) bond motifs is 1. The van der Waals surface area contributed by atoms with Crippen molar-refractivity contribution in [2.75, 3.05) is 0 Å². The summed E-state index contributed by atoms with van der Waals surface area (Å²) in [7, 11) is 0. The van der Waals surface area contributed by atoms with Gasteiger partial charge in [0.25, 0.3) is 5.91 Å². The Morgan fingerprint density at radius 2 is 1.96 bits per heavy atom. The summed E-state index contributed by atoms with van der Waals surface area (Å²) in [6, 6.07) is 11.7. The van der Waals surface area contributed by atoms with Crippen LogP contribution in [0.1, 0.15) is 21.7 Å². The lowest BCUT2D eigenvalue weighted by atomic mass is 10.1. The predicted molar refractivity (Wildman–Crippen MR) is 104 cm³/mol. The van der Waals surface area contributed by atoms with E-state index >= 15 is 0 Å². The molecule has 3 heterocycles. The lowest BCUT2D eigenvalue weighted by Gasteiger charge is -2.02. The number of hydrogen-bond acceptors (Lipinski definition) is 5. The second-order valence-corrected chi connectivity index (χ2v) is 7.80. The summed E-state index contributed by atoms with van der Waals surface area (Å²) < 4.78 is 0.776. The van der Waals surface area contributed by atoms with E-state index in [4.69, 9.17) is 17.3 Å². The summed E-state index contributed by atoms with van der Waals surface area (Å²) in [4.78, 5) is 12.8. The quantitative estimate of drug-likeness (QED) is 0.550. The van der Waals surface area contributed by atoms with Crippen LogP contribution in [-0.2, 0) is 6.42 Å². The van der Waals surface area contributed by atoms with E-state index in [1.807, 2.05) is 35.7 Å². The van der Waals surface area contributed by atoms with Crippen LogP contribution in [-0.4, -0.2) is 16.1 Å². The van der Waals surface area contributed by atoms with Gasteiger partial charge in [-0.1, -0.05) is 23.7 Å². The summed E-state index contributed by atoms with van der Waals surface area (Å²) in [5.74, 6) is -0.566. The number of benzene rings is 1. The Labute approximate surface area is 156 Å². The van der Waals surface area contributed by atoms with Gasteiger partial charge in [0.1, 0.15) is 0 Å². The number of rotatable bonds is 4. The van der Waals surface area contributed by atoms with Gasteiger partial charge >= 0.3 is 0 Å². The van der Waals surface area contributed by atoms with Crippen LogP contribution >= 0.6 is 34.3 Å². The molecule has 0 aliphatic heterocycles. The molecule has 0 fully saturated rings. The van der Waals surface area contributed by atoms with Crippen LogP contribution in [0.2, 0.25) is 5.02 Å². The molecule has 4 rings (SSSR count). The second kappa shape index (κ2) is 6.55. The minimum absolute atomic E-state index is 0.217. The second-order valence-electron chi connectivity index (χ2n) is 5.53. The van der Waals surface area contributed by atoms with Crippen LogP contribution in [0.3, 0.4) is 0 Å². The zero-order chi connectivity index (χ0) is 17.4. The highest BCUT2D eigenvalue weighted by molar-refractivity contribution is 7.22. The SMILES string of the molecule is NC(=O)c1nnc(Cc2ccsc2)c2cc(-c3ccc(Cl)cc3)sc12. The molecule has 0 aliphatic carbocycles. The fourth-order valence-corrected chi connectivity index (χ4v) is 4.60. The summed E-state index contributed by atoms with van der Waals surface area (Å²) in [6.07, 6.45) is 0.669. The molecule has 0 radical (unpaired) electrons. The molecule has 0 saturated heterocycles. The fourth-order valence-electron chi connectivity index (χ4n) is 2.63. The van der Waals surface area contributed by atoms with E-state index in [1.54, 1.807) is 11.3 Å². The monoisotopic (exact) mass is 385 g/mol. The van der Waals surface area contributed by atoms with Gasteiger partial charge in [-0.05, 0) is 46.2 Å². The van der Waals surface area contributed by atoms with Gasteiger partial charge in [-0.15, -0.1) is 16.4 Å². The van der Waals surface area contributed by atoms with Crippen LogP contribution in [0.5, 0.6) is 0 Å². The minimum atomic E-state index is -0.566. The zero-order valence-corrected chi connectivity index (χ0v) is 15.3. The van der Waals surface area contributed by atoms with Gasteiger partial charge < -0.3 is 5.73 Å². The Morgan fingerprint density at radius 1 is 1.16 bits per heavy atom. The van der Waals surface area contributed by atoms with Crippen molar-refractivity contribution in [1.29, 1.82) is 0 Å². The normalized spacial score (nSPS) is 11.1. The van der Waals surface area contributed by atoms with Crippen LogP contribution in [0.4, 0.5) is 0 Å². The van der Waals surface area contributed by atoms with Gasteiger partial charge in [0, 0.05) is 21.7 Å². The maximum absolute atomic E-state index is 11.7. The summed E-state index contributed by atoms with van der Waals surface area (Å²) in [6.45, 7) is 0. The molecule has 2 N–H and O–H groups in total. The molecule has 1 aromatic carbocycles. The molecule has 4 nitrogen and oxygen atoms in total. The highest BCUT2D eigenvalue weighted by atomic mass is 35.5. The number of thiophene rings is 2. The van der Waals surface area contributed by atoms with Crippen LogP contribution < -0.4 is 5.73 Å². The first kappa shape index (κ1) is 16.2. The molecule has 4 aromatic rings. The van der Waals surface area contributed by atoms with E-state index in [0.29, 0.717) is 11.4 Å². The third-order valence-corrected chi connectivity index (χ3v) is 6.02. The predicted octanol–water partition coefficient (Wildman–Crippen LogP) is 4.76. The van der Waals surface area contributed by atoms with E-state index < -0.39 is 5.91 Å². The van der Waals surface area contributed by atoms with Crippen molar-refractivity contribution in [2.45, 2.75) is 6.42 Å². The number of halogens is 1. The Balaban J connectivity index is 1.88. The third kappa shape index (κ3) is 3.16. The van der Waals surface area contributed by atoms with Gasteiger partial charge in [0.05, 0.1) is 10.4 Å². The van der Waals surface area contributed by atoms with Gasteiger partial charge in [-0.25, -0.2) is 0 Å². The topological polar surface area (TPSA) is 68.9 Å². The van der Waals surface area contributed by atoms with Gasteiger partial charge in [0.2, 0.25) is 0 Å². The fraction of sp³-hybridized carbons (Fsp3) is 0.0556. The van der Waals surface area contributed by atoms with E-state index in [1.165, 1.54) is 16.9 Å². The average molecular weight is 386 g/mol. The van der Waals surface area contributed by atoms with Crippen molar-refractivity contribution >= 4 is 50.3 Å². The van der Waals surface area contributed by atoms with E-state index in [2.05, 4.69) is 21.6 Å². The highest BCUT2D eigenvalue weighted by Crippen LogP contribution is 2.36. The maximum atomic E-state index is 11.7. The van der Waals surface area contributed by atoms with Crippen molar-refractivity contribution in [2.24, 2.45) is 5.73 Å². The molecular weight excluding hydrogens is 374 g/mol. The molecule has 1 amide bonds. The van der Waals surface area contributed by atoms with Crippen LogP contribution in [0.15, 0.2) is 47.2 Å². The standard InChI is InChI=1S/C18H12ClN3OS2/c19-12-3-1-11(2-4-12)15-8-13-14(7-10-5-6-24-9-10)21-22-16(18(20)23)17(13)25-15/h1-6,8-9H,7H2,(H2,20,23). The molecule has 25 heavy (non-hydrogen) atoms. The number of carbonyl (C=O) groups is 1. The number of hydrogen-bond donors (Lipinski definition) is 1. The molecule has 0 spiro atoms.